The monoisotopic (exact) mass is 277 g/mol. The Bertz CT molecular complexity index is 420. The Hall–Kier alpha value is -0.860. The molecule has 0 unspecified atom stereocenters. The zero-order chi connectivity index (χ0) is 15.5. The lowest BCUT2D eigenvalue weighted by Crippen LogP contribution is -2.33. The van der Waals surface area contributed by atoms with Crippen molar-refractivity contribution in [3.8, 4) is 0 Å². The SMILES string of the molecule is Cc1cc(C(C)(C)C)cc(C)c1CN(CCO)C(C)C. The lowest BCUT2D eigenvalue weighted by atomic mass is 9.83. The molecule has 114 valence electrons. The Morgan fingerprint density at radius 2 is 1.60 bits per heavy atom. The molecule has 0 heterocycles. The molecular weight excluding hydrogens is 246 g/mol. The molecule has 0 spiro atoms. The summed E-state index contributed by atoms with van der Waals surface area (Å²) in [6, 6.07) is 5.09. The van der Waals surface area contributed by atoms with Crippen molar-refractivity contribution in [1.29, 1.82) is 0 Å². The lowest BCUT2D eigenvalue weighted by molar-refractivity contribution is 0.159. The predicted molar refractivity (Wildman–Crippen MR) is 87.2 cm³/mol. The number of rotatable bonds is 5. The summed E-state index contributed by atoms with van der Waals surface area (Å²) in [6.07, 6.45) is 0. The number of benzene rings is 1. The summed E-state index contributed by atoms with van der Waals surface area (Å²) in [5.74, 6) is 0. The first-order valence-electron chi connectivity index (χ1n) is 7.62. The van der Waals surface area contributed by atoms with Crippen LogP contribution in [0.4, 0.5) is 0 Å². The Labute approximate surface area is 124 Å². The molecule has 20 heavy (non-hydrogen) atoms. The molecule has 1 aromatic carbocycles. The molecule has 0 amide bonds. The topological polar surface area (TPSA) is 23.5 Å². The van der Waals surface area contributed by atoms with Gasteiger partial charge in [-0.3, -0.25) is 4.90 Å². The highest BCUT2D eigenvalue weighted by Crippen LogP contribution is 2.27. The summed E-state index contributed by atoms with van der Waals surface area (Å²) in [5, 5.41) is 9.21. The van der Waals surface area contributed by atoms with Gasteiger partial charge in [0.25, 0.3) is 0 Å². The third-order valence-corrected chi connectivity index (χ3v) is 4.04. The van der Waals surface area contributed by atoms with Crippen molar-refractivity contribution in [2.75, 3.05) is 13.2 Å². The molecule has 0 bridgehead atoms. The van der Waals surface area contributed by atoms with Gasteiger partial charge in [-0.05, 0) is 55.4 Å². The molecule has 0 aromatic heterocycles. The number of hydrogen-bond acceptors (Lipinski definition) is 2. The smallest absolute Gasteiger partial charge is 0.0558 e. The van der Waals surface area contributed by atoms with E-state index in [1.54, 1.807) is 0 Å². The van der Waals surface area contributed by atoms with Crippen molar-refractivity contribution in [2.24, 2.45) is 0 Å². The van der Waals surface area contributed by atoms with Gasteiger partial charge in [0.05, 0.1) is 6.61 Å². The van der Waals surface area contributed by atoms with Gasteiger partial charge in [0.15, 0.2) is 0 Å². The Morgan fingerprint density at radius 3 is 1.95 bits per heavy atom. The van der Waals surface area contributed by atoms with E-state index >= 15 is 0 Å². The van der Waals surface area contributed by atoms with Crippen LogP contribution in [-0.4, -0.2) is 29.2 Å². The molecule has 0 saturated heterocycles. The van der Waals surface area contributed by atoms with Crippen molar-refractivity contribution in [3.63, 3.8) is 0 Å². The van der Waals surface area contributed by atoms with Crippen LogP contribution >= 0.6 is 0 Å². The second kappa shape index (κ2) is 6.73. The van der Waals surface area contributed by atoms with Gasteiger partial charge in [-0.1, -0.05) is 32.9 Å². The second-order valence-corrected chi connectivity index (χ2v) is 7.13. The van der Waals surface area contributed by atoms with Crippen LogP contribution in [-0.2, 0) is 12.0 Å². The highest BCUT2D eigenvalue weighted by molar-refractivity contribution is 5.40. The summed E-state index contributed by atoms with van der Waals surface area (Å²) in [7, 11) is 0. The quantitative estimate of drug-likeness (QED) is 0.885. The van der Waals surface area contributed by atoms with E-state index in [9.17, 15) is 5.11 Å². The third kappa shape index (κ3) is 4.32. The summed E-state index contributed by atoms with van der Waals surface area (Å²) in [6.45, 7) is 17.4. The molecule has 2 heteroatoms. The lowest BCUT2D eigenvalue weighted by Gasteiger charge is -2.28. The maximum atomic E-state index is 9.21. The zero-order valence-corrected chi connectivity index (χ0v) is 14.2. The average Bonchev–Trinajstić information content (AvgIpc) is 2.30. The van der Waals surface area contributed by atoms with Gasteiger partial charge in [-0.15, -0.1) is 0 Å². The Morgan fingerprint density at radius 1 is 1.10 bits per heavy atom. The maximum absolute atomic E-state index is 9.21. The zero-order valence-electron chi connectivity index (χ0n) is 14.2. The second-order valence-electron chi connectivity index (χ2n) is 7.13. The van der Waals surface area contributed by atoms with E-state index in [1.165, 1.54) is 22.3 Å². The first-order valence-corrected chi connectivity index (χ1v) is 7.62. The van der Waals surface area contributed by atoms with Gasteiger partial charge in [0.1, 0.15) is 0 Å². The average molecular weight is 277 g/mol. The summed E-state index contributed by atoms with van der Waals surface area (Å²) in [4.78, 5) is 2.33. The first kappa shape index (κ1) is 17.2. The van der Waals surface area contributed by atoms with E-state index in [0.29, 0.717) is 6.04 Å². The van der Waals surface area contributed by atoms with Gasteiger partial charge >= 0.3 is 0 Å². The van der Waals surface area contributed by atoms with E-state index < -0.39 is 0 Å². The number of hydrogen-bond donors (Lipinski definition) is 1. The van der Waals surface area contributed by atoms with Crippen LogP contribution in [0.3, 0.4) is 0 Å². The minimum absolute atomic E-state index is 0.191. The van der Waals surface area contributed by atoms with E-state index in [1.807, 2.05) is 0 Å². The summed E-state index contributed by atoms with van der Waals surface area (Å²) in [5.41, 5.74) is 5.71. The predicted octanol–water partition coefficient (Wildman–Crippen LogP) is 3.80. The van der Waals surface area contributed by atoms with Crippen molar-refractivity contribution in [3.05, 3.63) is 34.4 Å². The van der Waals surface area contributed by atoms with Crippen molar-refractivity contribution in [1.82, 2.24) is 4.90 Å². The molecule has 1 N–H and O–H groups in total. The number of aryl methyl sites for hydroxylation is 2. The standard InChI is InChI=1S/C18H31NO/c1-13(2)19(8-9-20)12-17-14(3)10-16(11-15(17)4)18(5,6)7/h10-11,13,20H,8-9,12H2,1-7H3. The Kier molecular flexibility index (Phi) is 5.79. The largest absolute Gasteiger partial charge is 0.395 e. The first-order chi connectivity index (χ1) is 9.16. The van der Waals surface area contributed by atoms with E-state index in [4.69, 9.17) is 0 Å². The van der Waals surface area contributed by atoms with E-state index in [0.717, 1.165) is 13.1 Å². The minimum Gasteiger partial charge on any atom is -0.395 e. The third-order valence-electron chi connectivity index (χ3n) is 4.04. The van der Waals surface area contributed by atoms with Gasteiger partial charge in [-0.25, -0.2) is 0 Å². The molecule has 1 rings (SSSR count). The molecule has 0 atom stereocenters. The van der Waals surface area contributed by atoms with Crippen molar-refractivity contribution in [2.45, 2.75) is 66.5 Å². The normalized spacial score (nSPS) is 12.5. The molecule has 2 nitrogen and oxygen atoms in total. The van der Waals surface area contributed by atoms with Crippen molar-refractivity contribution < 1.29 is 5.11 Å². The van der Waals surface area contributed by atoms with Crippen LogP contribution in [0, 0.1) is 13.8 Å². The highest BCUT2D eigenvalue weighted by Gasteiger charge is 2.18. The van der Waals surface area contributed by atoms with E-state index in [2.05, 4.69) is 65.5 Å². The van der Waals surface area contributed by atoms with Crippen molar-refractivity contribution >= 4 is 0 Å². The van der Waals surface area contributed by atoms with Gasteiger partial charge in [0, 0.05) is 19.1 Å². The fourth-order valence-electron chi connectivity index (χ4n) is 2.53. The van der Waals surface area contributed by atoms with Crippen LogP contribution in [0.25, 0.3) is 0 Å². The molecule has 0 aliphatic rings. The number of aliphatic hydroxyl groups excluding tert-OH is 1. The molecular formula is C18H31NO. The van der Waals surface area contributed by atoms with Crippen LogP contribution in [0.1, 0.15) is 56.9 Å². The van der Waals surface area contributed by atoms with Crippen LogP contribution < -0.4 is 0 Å². The number of nitrogens with zero attached hydrogens (tertiary/aromatic N) is 1. The van der Waals surface area contributed by atoms with Crippen LogP contribution in [0.5, 0.6) is 0 Å². The van der Waals surface area contributed by atoms with E-state index in [-0.39, 0.29) is 12.0 Å². The number of aliphatic hydroxyl groups is 1. The van der Waals surface area contributed by atoms with Gasteiger partial charge < -0.3 is 5.11 Å². The maximum Gasteiger partial charge on any atom is 0.0558 e. The summed E-state index contributed by atoms with van der Waals surface area (Å²) >= 11 is 0. The molecule has 0 saturated carbocycles. The fraction of sp³-hybridized carbons (Fsp3) is 0.667. The van der Waals surface area contributed by atoms with Gasteiger partial charge in [0.2, 0.25) is 0 Å². The molecule has 0 radical (unpaired) electrons. The molecule has 0 fully saturated rings. The highest BCUT2D eigenvalue weighted by atomic mass is 16.3. The fourth-order valence-corrected chi connectivity index (χ4v) is 2.53. The minimum atomic E-state index is 0.191. The van der Waals surface area contributed by atoms with Crippen LogP contribution in [0.15, 0.2) is 12.1 Å². The van der Waals surface area contributed by atoms with Crippen LogP contribution in [0.2, 0.25) is 0 Å². The molecule has 0 aliphatic carbocycles. The summed E-state index contributed by atoms with van der Waals surface area (Å²) < 4.78 is 0. The molecule has 0 aliphatic heterocycles. The Balaban J connectivity index is 3.08. The van der Waals surface area contributed by atoms with Gasteiger partial charge in [-0.2, -0.15) is 0 Å². The molecule has 1 aromatic rings.